The van der Waals surface area contributed by atoms with E-state index in [4.69, 9.17) is 11.6 Å². The molecule has 1 aromatic carbocycles. The number of piperidine rings is 1. The van der Waals surface area contributed by atoms with E-state index in [0.717, 1.165) is 45.2 Å². The van der Waals surface area contributed by atoms with Crippen molar-refractivity contribution in [2.75, 3.05) is 19.0 Å². The van der Waals surface area contributed by atoms with E-state index in [0.29, 0.717) is 17.7 Å². The average Bonchev–Trinajstić information content (AvgIpc) is 2.54. The van der Waals surface area contributed by atoms with E-state index in [2.05, 4.69) is 29.2 Å². The van der Waals surface area contributed by atoms with Gasteiger partial charge in [-0.15, -0.1) is 11.6 Å². The van der Waals surface area contributed by atoms with Gasteiger partial charge in [-0.1, -0.05) is 24.3 Å². The molecule has 21 heavy (non-hydrogen) atoms. The molecule has 1 heterocycles. The topological polar surface area (TPSA) is 20.3 Å². The number of hydrogen-bond acceptors (Lipinski definition) is 1. The Bertz CT molecular complexity index is 500. The van der Waals surface area contributed by atoms with Gasteiger partial charge in [-0.25, -0.2) is 0 Å². The predicted octanol–water partition coefficient (Wildman–Crippen LogP) is 3.97. The number of benzene rings is 1. The fourth-order valence-corrected chi connectivity index (χ4v) is 4.19. The van der Waals surface area contributed by atoms with Crippen LogP contribution in [-0.4, -0.2) is 29.8 Å². The molecular weight excluding hydrogens is 282 g/mol. The second kappa shape index (κ2) is 6.83. The number of nitrogens with zero attached hydrogens (tertiary/aromatic N) is 1. The molecule has 2 nitrogen and oxygen atoms in total. The number of aryl methyl sites for hydroxylation is 1. The normalized spacial score (nSPS) is 25.5. The molecule has 0 saturated carbocycles. The number of hydrogen-bond donors (Lipinski definition) is 0. The Morgan fingerprint density at radius 1 is 1.24 bits per heavy atom. The van der Waals surface area contributed by atoms with Crippen LogP contribution in [0.5, 0.6) is 0 Å². The Kier molecular flexibility index (Phi) is 4.84. The van der Waals surface area contributed by atoms with E-state index in [1.54, 1.807) is 0 Å². The largest absolute Gasteiger partial charge is 0.342 e. The zero-order valence-corrected chi connectivity index (χ0v) is 13.3. The van der Waals surface area contributed by atoms with Crippen molar-refractivity contribution < 1.29 is 4.79 Å². The van der Waals surface area contributed by atoms with E-state index >= 15 is 0 Å². The lowest BCUT2D eigenvalue weighted by atomic mass is 9.81. The Balaban J connectivity index is 1.74. The third kappa shape index (κ3) is 3.26. The lowest BCUT2D eigenvalue weighted by Gasteiger charge is -2.36. The van der Waals surface area contributed by atoms with Gasteiger partial charge in [0.15, 0.2) is 0 Å². The first-order valence-electron chi connectivity index (χ1n) is 8.22. The standard InChI is InChI=1S/C18H24ClNO/c19-11-10-14-5-4-12-20(13-14)18(21)17-9-3-7-15-6-1-2-8-16(15)17/h1-2,6,8,14,17H,3-5,7,9-13H2. The second-order valence-corrected chi connectivity index (χ2v) is 6.79. The van der Waals surface area contributed by atoms with Gasteiger partial charge < -0.3 is 4.90 Å². The summed E-state index contributed by atoms with van der Waals surface area (Å²) in [6, 6.07) is 8.48. The lowest BCUT2D eigenvalue weighted by Crippen LogP contribution is -2.43. The quantitative estimate of drug-likeness (QED) is 0.774. The highest BCUT2D eigenvalue weighted by Gasteiger charge is 2.32. The highest BCUT2D eigenvalue weighted by molar-refractivity contribution is 6.17. The van der Waals surface area contributed by atoms with Gasteiger partial charge in [-0.2, -0.15) is 0 Å². The molecule has 1 aliphatic heterocycles. The van der Waals surface area contributed by atoms with Crippen molar-refractivity contribution in [2.45, 2.75) is 44.4 Å². The number of halogens is 1. The molecule has 0 aromatic heterocycles. The van der Waals surface area contributed by atoms with Gasteiger partial charge in [0.1, 0.15) is 0 Å². The summed E-state index contributed by atoms with van der Waals surface area (Å²) in [5.74, 6) is 1.74. The van der Waals surface area contributed by atoms with Crippen LogP contribution in [0.4, 0.5) is 0 Å². The van der Waals surface area contributed by atoms with Crippen molar-refractivity contribution in [2.24, 2.45) is 5.92 Å². The van der Waals surface area contributed by atoms with Crippen LogP contribution in [0.15, 0.2) is 24.3 Å². The van der Waals surface area contributed by atoms with Gasteiger partial charge in [-0.05, 0) is 55.6 Å². The number of rotatable bonds is 3. The van der Waals surface area contributed by atoms with Crippen LogP contribution in [0.25, 0.3) is 0 Å². The molecule has 0 spiro atoms. The predicted molar refractivity (Wildman–Crippen MR) is 86.8 cm³/mol. The molecule has 0 N–H and O–H groups in total. The summed E-state index contributed by atoms with van der Waals surface area (Å²) in [4.78, 5) is 15.1. The minimum Gasteiger partial charge on any atom is -0.342 e. The second-order valence-electron chi connectivity index (χ2n) is 6.41. The Morgan fingerprint density at radius 2 is 2.10 bits per heavy atom. The minimum atomic E-state index is 0.0877. The SMILES string of the molecule is O=C(C1CCCc2ccccc21)N1CCCC(CCCl)C1. The molecule has 1 aliphatic carbocycles. The smallest absolute Gasteiger partial charge is 0.230 e. The molecule has 0 radical (unpaired) electrons. The molecule has 1 amide bonds. The van der Waals surface area contributed by atoms with Crippen LogP contribution in [0.3, 0.4) is 0 Å². The highest BCUT2D eigenvalue weighted by Crippen LogP contribution is 2.34. The molecule has 2 aliphatic rings. The fourth-order valence-electron chi connectivity index (χ4n) is 3.89. The Hall–Kier alpha value is -1.02. The first-order chi connectivity index (χ1) is 10.3. The molecular formula is C18H24ClNO. The summed E-state index contributed by atoms with van der Waals surface area (Å²) in [7, 11) is 0. The van der Waals surface area contributed by atoms with Crippen LogP contribution in [-0.2, 0) is 11.2 Å². The van der Waals surface area contributed by atoms with Crippen LogP contribution in [0.1, 0.15) is 49.1 Å². The Morgan fingerprint density at radius 3 is 2.95 bits per heavy atom. The zero-order valence-electron chi connectivity index (χ0n) is 12.6. The molecule has 0 bridgehead atoms. The van der Waals surface area contributed by atoms with E-state index in [-0.39, 0.29) is 5.92 Å². The molecule has 1 aromatic rings. The molecule has 3 heteroatoms. The van der Waals surface area contributed by atoms with Gasteiger partial charge in [-0.3, -0.25) is 4.79 Å². The maximum absolute atomic E-state index is 13.0. The molecule has 1 fully saturated rings. The van der Waals surface area contributed by atoms with E-state index in [9.17, 15) is 4.79 Å². The van der Waals surface area contributed by atoms with Crippen molar-refractivity contribution in [1.29, 1.82) is 0 Å². The Labute approximate surface area is 132 Å². The van der Waals surface area contributed by atoms with Gasteiger partial charge in [0.05, 0.1) is 5.92 Å². The van der Waals surface area contributed by atoms with Crippen molar-refractivity contribution in [3.8, 4) is 0 Å². The number of carbonyl (C=O) groups is 1. The van der Waals surface area contributed by atoms with Crippen molar-refractivity contribution in [3.05, 3.63) is 35.4 Å². The van der Waals surface area contributed by atoms with Crippen LogP contribution >= 0.6 is 11.6 Å². The molecule has 1 saturated heterocycles. The summed E-state index contributed by atoms with van der Waals surface area (Å²) in [6.45, 7) is 1.83. The maximum Gasteiger partial charge on any atom is 0.230 e. The highest BCUT2D eigenvalue weighted by atomic mass is 35.5. The molecule has 2 atom stereocenters. The van der Waals surface area contributed by atoms with E-state index < -0.39 is 0 Å². The number of likely N-dealkylation sites (tertiary alicyclic amines) is 1. The summed E-state index contributed by atoms with van der Waals surface area (Å²) in [5, 5.41) is 0. The van der Waals surface area contributed by atoms with Crippen molar-refractivity contribution in [3.63, 3.8) is 0 Å². The van der Waals surface area contributed by atoms with Crippen molar-refractivity contribution in [1.82, 2.24) is 4.90 Å². The maximum atomic E-state index is 13.0. The fraction of sp³-hybridized carbons (Fsp3) is 0.611. The van der Waals surface area contributed by atoms with Gasteiger partial charge in [0.2, 0.25) is 5.91 Å². The van der Waals surface area contributed by atoms with Gasteiger partial charge >= 0.3 is 0 Å². The van der Waals surface area contributed by atoms with E-state index in [1.165, 1.54) is 17.5 Å². The van der Waals surface area contributed by atoms with Gasteiger partial charge in [0, 0.05) is 19.0 Å². The minimum absolute atomic E-state index is 0.0877. The first-order valence-corrected chi connectivity index (χ1v) is 8.75. The zero-order chi connectivity index (χ0) is 14.7. The first kappa shape index (κ1) is 14.9. The average molecular weight is 306 g/mol. The third-order valence-electron chi connectivity index (χ3n) is 5.02. The monoisotopic (exact) mass is 305 g/mol. The summed E-state index contributed by atoms with van der Waals surface area (Å²) >= 11 is 5.87. The summed E-state index contributed by atoms with van der Waals surface area (Å²) in [6.07, 6.45) is 6.64. The van der Waals surface area contributed by atoms with Crippen LogP contribution in [0, 0.1) is 5.92 Å². The lowest BCUT2D eigenvalue weighted by molar-refractivity contribution is -0.135. The van der Waals surface area contributed by atoms with Crippen molar-refractivity contribution >= 4 is 17.5 Å². The number of amides is 1. The molecule has 2 unspecified atom stereocenters. The third-order valence-corrected chi connectivity index (χ3v) is 5.23. The summed E-state index contributed by atoms with van der Waals surface area (Å²) < 4.78 is 0. The summed E-state index contributed by atoms with van der Waals surface area (Å²) in [5.41, 5.74) is 2.64. The number of fused-ring (bicyclic) bond motifs is 1. The number of alkyl halides is 1. The van der Waals surface area contributed by atoms with Crippen LogP contribution < -0.4 is 0 Å². The van der Waals surface area contributed by atoms with Crippen LogP contribution in [0.2, 0.25) is 0 Å². The molecule has 114 valence electrons. The van der Waals surface area contributed by atoms with E-state index in [1.807, 2.05) is 0 Å². The van der Waals surface area contributed by atoms with Gasteiger partial charge in [0.25, 0.3) is 0 Å². The number of carbonyl (C=O) groups excluding carboxylic acids is 1. The molecule has 3 rings (SSSR count).